The van der Waals surface area contributed by atoms with Crippen LogP contribution >= 0.6 is 11.6 Å². The van der Waals surface area contributed by atoms with Crippen LogP contribution in [0.4, 0.5) is 5.69 Å². The maximum absolute atomic E-state index is 12.8. The maximum atomic E-state index is 12.8. The molecule has 0 aromatic heterocycles. The van der Waals surface area contributed by atoms with Crippen molar-refractivity contribution in [2.45, 2.75) is 13.3 Å². The monoisotopic (exact) mass is 441 g/mol. The number of aryl methyl sites for hydroxylation is 1. The highest BCUT2D eigenvalue weighted by Crippen LogP contribution is 2.38. The predicted molar refractivity (Wildman–Crippen MR) is 121 cm³/mol. The van der Waals surface area contributed by atoms with Crippen molar-refractivity contribution in [3.63, 3.8) is 0 Å². The van der Waals surface area contributed by atoms with Crippen molar-refractivity contribution in [1.29, 1.82) is 0 Å². The molecule has 1 N–H and O–H groups in total. The zero-order valence-corrected chi connectivity index (χ0v) is 18.6. The van der Waals surface area contributed by atoms with Crippen LogP contribution in [0.5, 0.6) is 28.7 Å². The van der Waals surface area contributed by atoms with Crippen LogP contribution < -0.4 is 24.3 Å². The molecule has 0 spiro atoms. The van der Waals surface area contributed by atoms with Crippen molar-refractivity contribution < 1.29 is 23.7 Å². The van der Waals surface area contributed by atoms with E-state index in [1.165, 1.54) is 21.3 Å². The molecular formula is C24H24ClNO5. The van der Waals surface area contributed by atoms with Crippen LogP contribution in [-0.4, -0.2) is 27.2 Å². The van der Waals surface area contributed by atoms with Crippen LogP contribution in [0.2, 0.25) is 5.02 Å². The molecule has 162 valence electrons. The number of amides is 1. The molecule has 0 bridgehead atoms. The molecule has 0 radical (unpaired) electrons. The van der Waals surface area contributed by atoms with Crippen molar-refractivity contribution >= 4 is 23.2 Å². The van der Waals surface area contributed by atoms with Gasteiger partial charge in [-0.1, -0.05) is 29.3 Å². The lowest BCUT2D eigenvalue weighted by atomic mass is 10.1. The van der Waals surface area contributed by atoms with Gasteiger partial charge in [0.05, 0.1) is 33.4 Å². The number of rotatable bonds is 8. The van der Waals surface area contributed by atoms with Gasteiger partial charge in [-0.25, -0.2) is 0 Å². The van der Waals surface area contributed by atoms with Crippen LogP contribution in [0.1, 0.15) is 11.1 Å². The number of anilines is 1. The van der Waals surface area contributed by atoms with Crippen LogP contribution in [0, 0.1) is 6.92 Å². The average molecular weight is 442 g/mol. The van der Waals surface area contributed by atoms with Crippen LogP contribution in [0.15, 0.2) is 54.6 Å². The van der Waals surface area contributed by atoms with Crippen LogP contribution in [-0.2, 0) is 11.2 Å². The van der Waals surface area contributed by atoms with Gasteiger partial charge in [0.25, 0.3) is 0 Å². The summed E-state index contributed by atoms with van der Waals surface area (Å²) < 4.78 is 22.0. The first-order valence-electron chi connectivity index (χ1n) is 9.56. The molecule has 0 aliphatic rings. The molecule has 0 heterocycles. The van der Waals surface area contributed by atoms with Crippen molar-refractivity contribution in [3.8, 4) is 28.7 Å². The molecule has 3 aromatic carbocycles. The number of nitrogens with one attached hydrogen (secondary N) is 1. The normalized spacial score (nSPS) is 10.4. The third-order valence-corrected chi connectivity index (χ3v) is 4.79. The van der Waals surface area contributed by atoms with E-state index < -0.39 is 0 Å². The second-order valence-corrected chi connectivity index (χ2v) is 7.25. The molecule has 0 fully saturated rings. The molecule has 0 saturated heterocycles. The van der Waals surface area contributed by atoms with Crippen molar-refractivity contribution in [1.82, 2.24) is 0 Å². The second-order valence-electron chi connectivity index (χ2n) is 6.81. The third-order valence-electron chi connectivity index (χ3n) is 4.55. The van der Waals surface area contributed by atoms with E-state index >= 15 is 0 Å². The van der Waals surface area contributed by atoms with E-state index in [0.29, 0.717) is 45.0 Å². The fourth-order valence-corrected chi connectivity index (χ4v) is 3.21. The Bertz CT molecular complexity index is 1040. The molecule has 31 heavy (non-hydrogen) atoms. The molecule has 0 aliphatic carbocycles. The van der Waals surface area contributed by atoms with E-state index in [1.807, 2.05) is 31.2 Å². The Balaban J connectivity index is 1.80. The summed E-state index contributed by atoms with van der Waals surface area (Å²) in [5.74, 6) is 2.34. The van der Waals surface area contributed by atoms with E-state index in [-0.39, 0.29) is 12.3 Å². The highest BCUT2D eigenvalue weighted by Gasteiger charge is 2.16. The average Bonchev–Trinajstić information content (AvgIpc) is 2.76. The van der Waals surface area contributed by atoms with Crippen molar-refractivity contribution in [3.05, 3.63) is 70.7 Å². The molecule has 7 heteroatoms. The summed E-state index contributed by atoms with van der Waals surface area (Å²) >= 11 is 6.14. The summed E-state index contributed by atoms with van der Waals surface area (Å²) in [7, 11) is 4.59. The maximum Gasteiger partial charge on any atom is 0.228 e. The lowest BCUT2D eigenvalue weighted by molar-refractivity contribution is -0.115. The molecule has 6 nitrogen and oxygen atoms in total. The summed E-state index contributed by atoms with van der Waals surface area (Å²) in [6.45, 7) is 2.00. The lowest BCUT2D eigenvalue weighted by Gasteiger charge is -2.15. The first-order valence-corrected chi connectivity index (χ1v) is 9.94. The number of halogens is 1. The smallest absolute Gasteiger partial charge is 0.228 e. The zero-order valence-electron chi connectivity index (χ0n) is 17.8. The Labute approximate surface area is 186 Å². The predicted octanol–water partition coefficient (Wildman–Crippen LogP) is 5.65. The van der Waals surface area contributed by atoms with Gasteiger partial charge in [-0.15, -0.1) is 0 Å². The lowest BCUT2D eigenvalue weighted by Crippen LogP contribution is -2.15. The Morgan fingerprint density at radius 1 is 0.871 bits per heavy atom. The number of carbonyl (C=O) groups is 1. The summed E-state index contributed by atoms with van der Waals surface area (Å²) in [5.41, 5.74) is 2.31. The number of ether oxygens (including phenoxy) is 4. The van der Waals surface area contributed by atoms with E-state index in [0.717, 1.165) is 5.56 Å². The number of methoxy groups -OCH3 is 3. The second kappa shape index (κ2) is 10.1. The van der Waals surface area contributed by atoms with Gasteiger partial charge >= 0.3 is 0 Å². The minimum Gasteiger partial charge on any atom is -0.493 e. The topological polar surface area (TPSA) is 66.0 Å². The SMILES string of the molecule is COc1cc(CC(=O)Nc2cc(Cl)ccc2Oc2ccc(C)cc2)cc(OC)c1OC. The minimum atomic E-state index is -0.245. The first kappa shape index (κ1) is 22.3. The number of hydrogen-bond acceptors (Lipinski definition) is 5. The van der Waals surface area contributed by atoms with E-state index in [1.54, 1.807) is 30.3 Å². The Morgan fingerprint density at radius 3 is 2.10 bits per heavy atom. The third kappa shape index (κ3) is 5.61. The molecule has 0 aliphatic heterocycles. The minimum absolute atomic E-state index is 0.0905. The standard InChI is InChI=1S/C24H24ClNO5/c1-15-5-8-18(9-6-15)31-20-10-7-17(25)14-19(20)26-23(27)13-16-11-21(28-2)24(30-4)22(12-16)29-3/h5-12,14H,13H2,1-4H3,(H,26,27). The van der Waals surface area contributed by atoms with Crippen LogP contribution in [0.3, 0.4) is 0 Å². The summed E-state index contributed by atoms with van der Waals surface area (Å²) in [4.78, 5) is 12.8. The Morgan fingerprint density at radius 2 is 1.52 bits per heavy atom. The molecule has 0 unspecified atom stereocenters. The molecule has 0 atom stereocenters. The Kier molecular flexibility index (Phi) is 7.26. The molecule has 3 rings (SSSR count). The summed E-state index contributed by atoms with van der Waals surface area (Å²) in [6, 6.07) is 16.2. The Hall–Kier alpha value is -3.38. The molecule has 3 aromatic rings. The molecule has 1 amide bonds. The summed E-state index contributed by atoms with van der Waals surface area (Å²) in [6.07, 6.45) is 0.0905. The highest BCUT2D eigenvalue weighted by atomic mass is 35.5. The largest absolute Gasteiger partial charge is 0.493 e. The van der Waals surface area contributed by atoms with Gasteiger partial charge < -0.3 is 24.3 Å². The fraction of sp³-hybridized carbons (Fsp3) is 0.208. The molecule has 0 saturated carbocycles. The number of benzene rings is 3. The van der Waals surface area contributed by atoms with E-state index in [4.69, 9.17) is 30.5 Å². The van der Waals surface area contributed by atoms with Gasteiger partial charge in [0, 0.05) is 5.02 Å². The van der Waals surface area contributed by atoms with Gasteiger partial charge in [-0.3, -0.25) is 4.79 Å². The fourth-order valence-electron chi connectivity index (χ4n) is 3.04. The van der Waals surface area contributed by atoms with Gasteiger partial charge in [0.15, 0.2) is 17.2 Å². The quantitative estimate of drug-likeness (QED) is 0.489. The van der Waals surface area contributed by atoms with Gasteiger partial charge in [0.1, 0.15) is 5.75 Å². The van der Waals surface area contributed by atoms with Gasteiger partial charge in [0.2, 0.25) is 11.7 Å². The van der Waals surface area contributed by atoms with E-state index in [9.17, 15) is 4.79 Å². The zero-order chi connectivity index (χ0) is 22.4. The first-order chi connectivity index (χ1) is 14.9. The number of hydrogen-bond donors (Lipinski definition) is 1. The van der Waals surface area contributed by atoms with Gasteiger partial charge in [-0.05, 0) is 55.0 Å². The van der Waals surface area contributed by atoms with Crippen molar-refractivity contribution in [2.24, 2.45) is 0 Å². The van der Waals surface area contributed by atoms with Crippen LogP contribution in [0.25, 0.3) is 0 Å². The van der Waals surface area contributed by atoms with Gasteiger partial charge in [-0.2, -0.15) is 0 Å². The molecular weight excluding hydrogens is 418 g/mol. The summed E-state index contributed by atoms with van der Waals surface area (Å²) in [5, 5.41) is 3.36. The van der Waals surface area contributed by atoms with E-state index in [2.05, 4.69) is 5.32 Å². The highest BCUT2D eigenvalue weighted by molar-refractivity contribution is 6.31. The number of carbonyl (C=O) groups excluding carboxylic acids is 1. The van der Waals surface area contributed by atoms with Crippen molar-refractivity contribution in [2.75, 3.05) is 26.6 Å².